The molecule has 0 radical (unpaired) electrons. The van der Waals surface area contributed by atoms with Gasteiger partial charge in [0, 0.05) is 24.2 Å². The van der Waals surface area contributed by atoms with E-state index in [-0.39, 0.29) is 0 Å². The number of rotatable bonds is 6. The Morgan fingerprint density at radius 3 is 2.93 bits per heavy atom. The van der Waals surface area contributed by atoms with E-state index in [4.69, 9.17) is 11.6 Å². The van der Waals surface area contributed by atoms with E-state index in [9.17, 15) is 0 Å². The van der Waals surface area contributed by atoms with Gasteiger partial charge in [-0.2, -0.15) is 0 Å². The lowest BCUT2D eigenvalue weighted by Crippen LogP contribution is -2.12. The molecule has 0 fully saturated rings. The van der Waals surface area contributed by atoms with Crippen LogP contribution >= 0.6 is 11.6 Å². The smallest absolute Gasteiger partial charge is 0.129 e. The third-order valence-corrected chi connectivity index (χ3v) is 2.54. The Morgan fingerprint density at radius 2 is 2.27 bits per heavy atom. The Kier molecular flexibility index (Phi) is 5.40. The van der Waals surface area contributed by atoms with Gasteiger partial charge in [-0.05, 0) is 18.8 Å². The molecule has 1 rings (SSSR count). The molecule has 1 unspecified atom stereocenters. The van der Waals surface area contributed by atoms with Crippen LogP contribution in [0, 0.1) is 5.92 Å². The summed E-state index contributed by atoms with van der Waals surface area (Å²) in [7, 11) is 0. The van der Waals surface area contributed by atoms with Crippen molar-refractivity contribution in [3.63, 3.8) is 0 Å². The highest BCUT2D eigenvalue weighted by Crippen LogP contribution is 2.08. The lowest BCUT2D eigenvalue weighted by atomic mass is 10.1. The molecule has 0 aliphatic heterocycles. The molecule has 0 saturated heterocycles. The van der Waals surface area contributed by atoms with Crippen molar-refractivity contribution in [1.29, 1.82) is 0 Å². The van der Waals surface area contributed by atoms with Crippen molar-refractivity contribution in [2.45, 2.75) is 26.7 Å². The van der Waals surface area contributed by atoms with Crippen LogP contribution in [0.15, 0.2) is 12.4 Å². The fourth-order valence-electron chi connectivity index (χ4n) is 1.25. The Balaban J connectivity index is 2.43. The van der Waals surface area contributed by atoms with E-state index >= 15 is 0 Å². The maximum absolute atomic E-state index is 5.67. The van der Waals surface area contributed by atoms with Crippen molar-refractivity contribution < 1.29 is 0 Å². The van der Waals surface area contributed by atoms with Crippen molar-refractivity contribution >= 4 is 17.4 Å². The van der Waals surface area contributed by atoms with Crippen LogP contribution in [0.25, 0.3) is 0 Å². The molecule has 0 aliphatic carbocycles. The van der Waals surface area contributed by atoms with E-state index in [0.29, 0.717) is 11.8 Å². The van der Waals surface area contributed by atoms with Gasteiger partial charge in [0.1, 0.15) is 12.1 Å². The fraction of sp³-hybridized carbons (Fsp3) is 0.636. The largest absolute Gasteiger partial charge is 0.370 e. The summed E-state index contributed by atoms with van der Waals surface area (Å²) in [6.07, 6.45) is 3.57. The Hall–Kier alpha value is -0.830. The van der Waals surface area contributed by atoms with Gasteiger partial charge in [-0.25, -0.2) is 9.97 Å². The molecule has 1 aromatic heterocycles. The van der Waals surface area contributed by atoms with Crippen LogP contribution in [-0.2, 0) is 6.42 Å². The van der Waals surface area contributed by atoms with Gasteiger partial charge in [0.15, 0.2) is 0 Å². The average molecular weight is 228 g/mol. The first-order chi connectivity index (χ1) is 7.26. The zero-order chi connectivity index (χ0) is 11.1. The summed E-state index contributed by atoms with van der Waals surface area (Å²) in [5, 5.41) is 3.29. The second-order valence-electron chi connectivity index (χ2n) is 3.71. The molecule has 0 amide bonds. The maximum Gasteiger partial charge on any atom is 0.129 e. The Bertz CT molecular complexity index is 291. The van der Waals surface area contributed by atoms with Gasteiger partial charge in [-0.3, -0.25) is 0 Å². The van der Waals surface area contributed by atoms with Gasteiger partial charge in [0.2, 0.25) is 0 Å². The monoisotopic (exact) mass is 227 g/mol. The zero-order valence-electron chi connectivity index (χ0n) is 9.33. The van der Waals surface area contributed by atoms with E-state index in [1.54, 1.807) is 6.33 Å². The lowest BCUT2D eigenvalue weighted by Gasteiger charge is -2.11. The number of hydrogen-bond acceptors (Lipinski definition) is 3. The minimum absolute atomic E-state index is 0.572. The first-order valence-electron chi connectivity index (χ1n) is 5.37. The molecular weight excluding hydrogens is 210 g/mol. The number of anilines is 1. The van der Waals surface area contributed by atoms with E-state index in [2.05, 4.69) is 29.1 Å². The van der Waals surface area contributed by atoms with E-state index in [1.165, 1.54) is 0 Å². The molecule has 15 heavy (non-hydrogen) atoms. The number of aromatic nitrogens is 2. The predicted octanol–water partition coefficient (Wildman–Crippen LogP) is 2.72. The molecule has 0 spiro atoms. The summed E-state index contributed by atoms with van der Waals surface area (Å²) >= 11 is 5.67. The summed E-state index contributed by atoms with van der Waals surface area (Å²) in [5.41, 5.74) is 1.07. The van der Waals surface area contributed by atoms with Gasteiger partial charge in [0.25, 0.3) is 0 Å². The minimum atomic E-state index is 0.572. The molecule has 1 N–H and O–H groups in total. The highest BCUT2D eigenvalue weighted by molar-refractivity contribution is 6.17. The molecule has 0 saturated carbocycles. The molecule has 84 valence electrons. The minimum Gasteiger partial charge on any atom is -0.370 e. The van der Waals surface area contributed by atoms with Gasteiger partial charge >= 0.3 is 0 Å². The molecule has 4 heteroatoms. The maximum atomic E-state index is 5.67. The van der Waals surface area contributed by atoms with Crippen LogP contribution in [0.3, 0.4) is 0 Å². The first kappa shape index (κ1) is 12.2. The topological polar surface area (TPSA) is 37.8 Å². The van der Waals surface area contributed by atoms with Crippen LogP contribution in [-0.4, -0.2) is 22.4 Å². The molecule has 0 aliphatic rings. The standard InChI is InChI=1S/C11H18ClN3/c1-3-10-6-11(15-8-14-10)13-7-9(2)4-5-12/h6,8-9H,3-5,7H2,1-2H3,(H,13,14,15). The predicted molar refractivity (Wildman–Crippen MR) is 64.4 cm³/mol. The Labute approximate surface area is 96.3 Å². The van der Waals surface area contributed by atoms with Crippen LogP contribution in [0.4, 0.5) is 5.82 Å². The van der Waals surface area contributed by atoms with Gasteiger partial charge < -0.3 is 5.32 Å². The molecule has 1 aromatic rings. The normalized spacial score (nSPS) is 12.5. The molecule has 3 nitrogen and oxygen atoms in total. The van der Waals surface area contributed by atoms with Crippen LogP contribution < -0.4 is 5.32 Å². The third kappa shape index (κ3) is 4.47. The second-order valence-corrected chi connectivity index (χ2v) is 4.09. The summed E-state index contributed by atoms with van der Waals surface area (Å²) in [6.45, 7) is 5.17. The molecule has 1 heterocycles. The average Bonchev–Trinajstić information content (AvgIpc) is 2.27. The molecule has 1 atom stereocenters. The van der Waals surface area contributed by atoms with Crippen LogP contribution in [0.5, 0.6) is 0 Å². The van der Waals surface area contributed by atoms with E-state index in [1.807, 2.05) is 6.07 Å². The van der Waals surface area contributed by atoms with Crippen molar-refractivity contribution in [2.24, 2.45) is 5.92 Å². The van der Waals surface area contributed by atoms with Gasteiger partial charge in [0.05, 0.1) is 0 Å². The molecule has 0 bridgehead atoms. The van der Waals surface area contributed by atoms with E-state index < -0.39 is 0 Å². The van der Waals surface area contributed by atoms with Crippen LogP contribution in [0.1, 0.15) is 26.0 Å². The fourth-order valence-corrected chi connectivity index (χ4v) is 1.63. The van der Waals surface area contributed by atoms with E-state index in [0.717, 1.165) is 30.9 Å². The molecular formula is C11H18ClN3. The second kappa shape index (κ2) is 6.62. The SMILES string of the molecule is CCc1cc(NCC(C)CCCl)ncn1. The van der Waals surface area contributed by atoms with Crippen molar-refractivity contribution in [2.75, 3.05) is 17.7 Å². The number of nitrogens with one attached hydrogen (secondary N) is 1. The van der Waals surface area contributed by atoms with Crippen molar-refractivity contribution in [3.8, 4) is 0 Å². The van der Waals surface area contributed by atoms with Gasteiger partial charge in [-0.15, -0.1) is 11.6 Å². The van der Waals surface area contributed by atoms with Gasteiger partial charge in [-0.1, -0.05) is 13.8 Å². The van der Waals surface area contributed by atoms with Crippen LogP contribution in [0.2, 0.25) is 0 Å². The van der Waals surface area contributed by atoms with Crippen molar-refractivity contribution in [1.82, 2.24) is 9.97 Å². The highest BCUT2D eigenvalue weighted by atomic mass is 35.5. The Morgan fingerprint density at radius 1 is 1.47 bits per heavy atom. The quantitative estimate of drug-likeness (QED) is 0.760. The third-order valence-electron chi connectivity index (χ3n) is 2.32. The lowest BCUT2D eigenvalue weighted by molar-refractivity contribution is 0.596. The van der Waals surface area contributed by atoms with Crippen molar-refractivity contribution in [3.05, 3.63) is 18.1 Å². The summed E-state index contributed by atoms with van der Waals surface area (Å²) < 4.78 is 0. The number of halogens is 1. The summed E-state index contributed by atoms with van der Waals surface area (Å²) in [5.74, 6) is 2.19. The summed E-state index contributed by atoms with van der Waals surface area (Å²) in [6, 6.07) is 1.99. The zero-order valence-corrected chi connectivity index (χ0v) is 10.1. The number of alkyl halides is 1. The number of hydrogen-bond donors (Lipinski definition) is 1. The number of aryl methyl sites for hydroxylation is 1. The summed E-state index contributed by atoms with van der Waals surface area (Å²) in [4.78, 5) is 8.31. The molecule has 0 aromatic carbocycles. The highest BCUT2D eigenvalue weighted by Gasteiger charge is 2.02. The number of nitrogens with zero attached hydrogens (tertiary/aromatic N) is 2. The first-order valence-corrected chi connectivity index (χ1v) is 5.90.